The van der Waals surface area contributed by atoms with Crippen molar-refractivity contribution in [3.8, 4) is 23.1 Å². The molecule has 0 bridgehead atoms. The van der Waals surface area contributed by atoms with Crippen LogP contribution in [0.15, 0.2) is 60.8 Å². The van der Waals surface area contributed by atoms with Gasteiger partial charge in [-0.2, -0.15) is 0 Å². The minimum Gasteiger partial charge on any atom is -0.454 e. The normalized spacial score (nSPS) is 10.3. The summed E-state index contributed by atoms with van der Waals surface area (Å²) in [6.07, 6.45) is 1.47. The second-order valence-electron chi connectivity index (χ2n) is 4.97. The van der Waals surface area contributed by atoms with Crippen LogP contribution in [0.25, 0.3) is 0 Å². The number of carbonyl (C=O) groups excluding carboxylic acids is 1. The molecule has 0 radical (unpaired) electrons. The maximum atomic E-state index is 13.6. The lowest BCUT2D eigenvalue weighted by Crippen LogP contribution is -2.12. The van der Waals surface area contributed by atoms with E-state index < -0.39 is 17.5 Å². The first kappa shape index (κ1) is 16.4. The Morgan fingerprint density at radius 2 is 1.64 bits per heavy atom. The number of hydrogen-bond acceptors (Lipinski definition) is 4. The number of amides is 1. The van der Waals surface area contributed by atoms with E-state index in [1.54, 1.807) is 18.2 Å². The molecule has 0 aliphatic heterocycles. The molecule has 1 aromatic heterocycles. The number of benzene rings is 2. The number of rotatable bonds is 5. The molecule has 1 heterocycles. The second-order valence-corrected chi connectivity index (χ2v) is 4.97. The summed E-state index contributed by atoms with van der Waals surface area (Å²) in [7, 11) is 0. The number of hydrogen-bond donors (Lipinski definition) is 1. The van der Waals surface area contributed by atoms with Gasteiger partial charge in [0.05, 0.1) is 0 Å². The van der Waals surface area contributed by atoms with Crippen molar-refractivity contribution in [3.05, 3.63) is 78.0 Å². The van der Waals surface area contributed by atoms with Crippen LogP contribution in [-0.2, 0) is 0 Å². The largest absolute Gasteiger partial charge is 0.454 e. The molecule has 0 aliphatic carbocycles. The Hall–Kier alpha value is -3.48. The second kappa shape index (κ2) is 6.96. The Bertz CT molecular complexity index is 914. The van der Waals surface area contributed by atoms with Crippen LogP contribution < -0.4 is 15.2 Å². The summed E-state index contributed by atoms with van der Waals surface area (Å²) in [6.45, 7) is 0. The van der Waals surface area contributed by atoms with Crippen molar-refractivity contribution in [2.75, 3.05) is 0 Å². The summed E-state index contributed by atoms with van der Waals surface area (Å²) in [5, 5.41) is 0. The highest BCUT2D eigenvalue weighted by molar-refractivity contribution is 5.95. The van der Waals surface area contributed by atoms with E-state index in [9.17, 15) is 13.6 Å². The van der Waals surface area contributed by atoms with E-state index in [4.69, 9.17) is 15.2 Å². The van der Waals surface area contributed by atoms with Gasteiger partial charge in [0.15, 0.2) is 11.6 Å². The van der Waals surface area contributed by atoms with Gasteiger partial charge in [0.25, 0.3) is 5.91 Å². The highest BCUT2D eigenvalue weighted by atomic mass is 19.1. The first-order valence-electron chi connectivity index (χ1n) is 7.18. The number of primary amides is 1. The fourth-order valence-corrected chi connectivity index (χ4v) is 2.03. The lowest BCUT2D eigenvalue weighted by Gasteiger charge is -2.09. The maximum Gasteiger partial charge on any atom is 0.254 e. The first-order valence-corrected chi connectivity index (χ1v) is 7.18. The maximum absolute atomic E-state index is 13.6. The highest BCUT2D eigenvalue weighted by Gasteiger charge is 2.11. The fourth-order valence-electron chi connectivity index (χ4n) is 2.03. The number of aromatic nitrogens is 1. The minimum absolute atomic E-state index is 0.0771. The molecule has 0 fully saturated rings. The Balaban J connectivity index is 1.76. The van der Waals surface area contributed by atoms with E-state index in [1.807, 2.05) is 0 Å². The molecule has 0 spiro atoms. The van der Waals surface area contributed by atoms with Gasteiger partial charge in [0.2, 0.25) is 5.88 Å². The van der Waals surface area contributed by atoms with Gasteiger partial charge >= 0.3 is 0 Å². The Morgan fingerprint density at radius 3 is 2.28 bits per heavy atom. The van der Waals surface area contributed by atoms with Crippen LogP contribution in [0.4, 0.5) is 8.78 Å². The molecule has 3 rings (SSSR count). The smallest absolute Gasteiger partial charge is 0.254 e. The average molecular weight is 342 g/mol. The molecule has 2 N–H and O–H groups in total. The minimum atomic E-state index is -0.806. The Kier molecular flexibility index (Phi) is 4.56. The molecule has 1 amide bonds. The fraction of sp³-hybridized carbons (Fsp3) is 0. The number of nitrogens with zero attached hydrogens (tertiary/aromatic N) is 1. The van der Waals surface area contributed by atoms with Crippen LogP contribution in [0.3, 0.4) is 0 Å². The van der Waals surface area contributed by atoms with Crippen molar-refractivity contribution in [2.24, 2.45) is 5.73 Å². The highest BCUT2D eigenvalue weighted by Crippen LogP contribution is 2.28. The molecule has 2 aromatic carbocycles. The van der Waals surface area contributed by atoms with Crippen molar-refractivity contribution < 1.29 is 23.0 Å². The van der Waals surface area contributed by atoms with Gasteiger partial charge in [-0.1, -0.05) is 0 Å². The predicted octanol–water partition coefficient (Wildman–Crippen LogP) is 4.04. The molecule has 0 atom stereocenters. The van der Waals surface area contributed by atoms with E-state index in [2.05, 4.69) is 4.98 Å². The Labute approximate surface area is 141 Å². The molecular formula is C18H12F2N2O3. The van der Waals surface area contributed by atoms with E-state index >= 15 is 0 Å². The molecule has 0 aliphatic rings. The van der Waals surface area contributed by atoms with Crippen molar-refractivity contribution in [3.63, 3.8) is 0 Å². The molecule has 7 heteroatoms. The summed E-state index contributed by atoms with van der Waals surface area (Å²) in [5.74, 6) is -1.46. The van der Waals surface area contributed by atoms with Gasteiger partial charge in [-0.3, -0.25) is 4.79 Å². The van der Waals surface area contributed by atoms with Crippen molar-refractivity contribution in [1.82, 2.24) is 4.98 Å². The number of ether oxygens (including phenoxy) is 2. The van der Waals surface area contributed by atoms with Crippen LogP contribution in [0.1, 0.15) is 10.4 Å². The topological polar surface area (TPSA) is 74.4 Å². The van der Waals surface area contributed by atoms with E-state index in [-0.39, 0.29) is 17.2 Å². The lowest BCUT2D eigenvalue weighted by molar-refractivity contribution is 0.0997. The van der Waals surface area contributed by atoms with Gasteiger partial charge in [0, 0.05) is 12.3 Å². The quantitative estimate of drug-likeness (QED) is 0.759. The summed E-state index contributed by atoms with van der Waals surface area (Å²) in [4.78, 5) is 15.3. The van der Waals surface area contributed by atoms with Crippen LogP contribution in [0.5, 0.6) is 23.1 Å². The van der Waals surface area contributed by atoms with Gasteiger partial charge in [-0.15, -0.1) is 0 Å². The zero-order valence-electron chi connectivity index (χ0n) is 12.8. The summed E-state index contributed by atoms with van der Waals surface area (Å²) in [6, 6.07) is 12.3. The third-order valence-electron chi connectivity index (χ3n) is 3.20. The SMILES string of the molecule is NC(=O)c1cccnc1Oc1ccc(Oc2ccc(F)cc2F)cc1. The van der Waals surface area contributed by atoms with Crippen molar-refractivity contribution >= 4 is 5.91 Å². The Morgan fingerprint density at radius 1 is 0.960 bits per heavy atom. The lowest BCUT2D eigenvalue weighted by atomic mass is 10.2. The predicted molar refractivity (Wildman–Crippen MR) is 85.7 cm³/mol. The molecule has 0 unspecified atom stereocenters. The zero-order chi connectivity index (χ0) is 17.8. The summed E-state index contributed by atoms with van der Waals surface area (Å²) < 4.78 is 37.3. The third-order valence-corrected chi connectivity index (χ3v) is 3.20. The van der Waals surface area contributed by atoms with Crippen LogP contribution >= 0.6 is 0 Å². The van der Waals surface area contributed by atoms with Gasteiger partial charge in [-0.05, 0) is 48.5 Å². The third kappa shape index (κ3) is 3.89. The molecule has 0 saturated carbocycles. The van der Waals surface area contributed by atoms with Crippen molar-refractivity contribution in [2.45, 2.75) is 0 Å². The number of pyridine rings is 1. The standard InChI is InChI=1S/C18H12F2N2O3/c19-11-3-8-16(15(20)10-11)24-12-4-6-13(7-5-12)25-18-14(17(21)23)2-1-9-22-18/h1-10H,(H2,21,23). The molecule has 3 aromatic rings. The number of nitrogens with two attached hydrogens (primary N) is 1. The molecular weight excluding hydrogens is 330 g/mol. The van der Waals surface area contributed by atoms with Crippen LogP contribution in [0, 0.1) is 11.6 Å². The molecule has 126 valence electrons. The van der Waals surface area contributed by atoms with E-state index in [1.165, 1.54) is 30.5 Å². The molecule has 5 nitrogen and oxygen atoms in total. The van der Waals surface area contributed by atoms with E-state index in [0.29, 0.717) is 11.5 Å². The van der Waals surface area contributed by atoms with Gasteiger partial charge in [-0.25, -0.2) is 13.8 Å². The zero-order valence-corrected chi connectivity index (χ0v) is 12.8. The number of carbonyl (C=O) groups is 1. The van der Waals surface area contributed by atoms with Gasteiger partial charge in [0.1, 0.15) is 22.9 Å². The van der Waals surface area contributed by atoms with Crippen LogP contribution in [0.2, 0.25) is 0 Å². The average Bonchev–Trinajstić information content (AvgIpc) is 2.59. The molecule has 25 heavy (non-hydrogen) atoms. The monoisotopic (exact) mass is 342 g/mol. The molecule has 0 saturated heterocycles. The van der Waals surface area contributed by atoms with E-state index in [0.717, 1.165) is 12.1 Å². The number of halogens is 2. The first-order chi connectivity index (χ1) is 12.0. The van der Waals surface area contributed by atoms with Crippen molar-refractivity contribution in [1.29, 1.82) is 0 Å². The van der Waals surface area contributed by atoms with Gasteiger partial charge < -0.3 is 15.2 Å². The summed E-state index contributed by atoms with van der Waals surface area (Å²) in [5.41, 5.74) is 5.41. The van der Waals surface area contributed by atoms with Crippen LogP contribution in [-0.4, -0.2) is 10.9 Å². The summed E-state index contributed by atoms with van der Waals surface area (Å²) >= 11 is 0.